The molecule has 0 aliphatic carbocycles. The second-order valence-corrected chi connectivity index (χ2v) is 4.71. The van der Waals surface area contributed by atoms with E-state index >= 15 is 0 Å². The number of rotatable bonds is 6. The Labute approximate surface area is 130 Å². The molecule has 5 nitrogen and oxygen atoms in total. The molecule has 0 unspecified atom stereocenters. The Balaban J connectivity index is 0.00000220. The van der Waals surface area contributed by atoms with Gasteiger partial charge in [-0.15, -0.1) is 0 Å². The van der Waals surface area contributed by atoms with Crippen LogP contribution in [0.3, 0.4) is 0 Å². The van der Waals surface area contributed by atoms with Crippen LogP contribution in [0.5, 0.6) is 0 Å². The van der Waals surface area contributed by atoms with Crippen LogP contribution in [0.2, 0.25) is 0 Å². The van der Waals surface area contributed by atoms with Gasteiger partial charge in [0.2, 0.25) is 5.95 Å². The Hall–Kier alpha value is -1.60. The topological polar surface area (TPSA) is 84.1 Å². The van der Waals surface area contributed by atoms with Crippen molar-refractivity contribution in [2.75, 3.05) is 17.7 Å². The molecule has 1 aromatic heterocycles. The van der Waals surface area contributed by atoms with Crippen LogP contribution >= 0.6 is 13.5 Å². The highest BCUT2D eigenvalue weighted by molar-refractivity contribution is 7.59. The van der Waals surface area contributed by atoms with E-state index in [2.05, 4.69) is 22.2 Å². The lowest BCUT2D eigenvalue weighted by Gasteiger charge is -2.19. The van der Waals surface area contributed by atoms with Gasteiger partial charge in [0.1, 0.15) is 17.2 Å². The number of fused-ring (bicyclic) bond motifs is 1. The molecule has 0 saturated carbocycles. The molecule has 0 aliphatic rings. The number of nitrogens with two attached hydrogens (primary N) is 1. The highest BCUT2D eigenvalue weighted by Crippen LogP contribution is 2.24. The number of para-hydroxylation sites is 1. The molecule has 0 bridgehead atoms. The van der Waals surface area contributed by atoms with E-state index in [0.29, 0.717) is 17.6 Å². The summed E-state index contributed by atoms with van der Waals surface area (Å²) in [5.41, 5.74) is 5.85. The fourth-order valence-corrected chi connectivity index (χ4v) is 2.23. The summed E-state index contributed by atoms with van der Waals surface area (Å²) < 4.78 is 13.8. The van der Waals surface area contributed by atoms with Crippen molar-refractivity contribution in [3.8, 4) is 0 Å². The van der Waals surface area contributed by atoms with E-state index in [-0.39, 0.29) is 37.6 Å². The Bertz CT molecular complexity index is 590. The quantitative estimate of drug-likeness (QED) is 0.763. The van der Waals surface area contributed by atoms with Crippen molar-refractivity contribution in [1.82, 2.24) is 9.97 Å². The van der Waals surface area contributed by atoms with Crippen LogP contribution in [-0.2, 0) is 0 Å². The van der Waals surface area contributed by atoms with Gasteiger partial charge in [0.25, 0.3) is 0 Å². The molecule has 0 saturated heterocycles. The van der Waals surface area contributed by atoms with Crippen molar-refractivity contribution >= 4 is 36.2 Å². The highest BCUT2D eigenvalue weighted by Gasteiger charge is 2.13. The third-order valence-corrected chi connectivity index (χ3v) is 3.15. The van der Waals surface area contributed by atoms with Crippen LogP contribution in [0.4, 0.5) is 16.2 Å². The third kappa shape index (κ3) is 4.18. The molecule has 116 valence electrons. The molecule has 21 heavy (non-hydrogen) atoms. The molecular weight excluding hydrogens is 291 g/mol. The van der Waals surface area contributed by atoms with Gasteiger partial charge in [-0.05, 0) is 25.0 Å². The number of halogens is 1. The molecule has 0 radical (unpaired) electrons. The van der Waals surface area contributed by atoms with Gasteiger partial charge in [-0.25, -0.2) is 9.37 Å². The average Bonchev–Trinajstić information content (AvgIpc) is 2.40. The molecule has 0 amide bonds. The van der Waals surface area contributed by atoms with Crippen molar-refractivity contribution in [2.45, 2.75) is 32.2 Å². The molecule has 7 heteroatoms. The first-order chi connectivity index (χ1) is 9.65. The predicted molar refractivity (Wildman–Crippen MR) is 88.3 cm³/mol. The summed E-state index contributed by atoms with van der Waals surface area (Å²) in [7, 11) is 0. The molecule has 0 spiro atoms. The number of aromatic nitrogens is 2. The summed E-state index contributed by atoms with van der Waals surface area (Å²) >= 11 is 0. The van der Waals surface area contributed by atoms with Crippen LogP contribution in [-0.4, -0.2) is 27.7 Å². The minimum Gasteiger partial charge on any atom is -0.396 e. The van der Waals surface area contributed by atoms with E-state index in [1.165, 1.54) is 6.07 Å². The van der Waals surface area contributed by atoms with E-state index in [1.807, 2.05) is 0 Å². The van der Waals surface area contributed by atoms with Crippen molar-refractivity contribution in [1.29, 1.82) is 0 Å². The maximum absolute atomic E-state index is 13.8. The average molecular weight is 312 g/mol. The fourth-order valence-electron chi connectivity index (χ4n) is 2.23. The first kappa shape index (κ1) is 17.5. The highest BCUT2D eigenvalue weighted by atomic mass is 32.1. The summed E-state index contributed by atoms with van der Waals surface area (Å²) in [5.74, 6) is 0.122. The SMILES string of the molecule is CCC[C@@H](CCO)Nc1nc(N)nc2c(F)cccc12.S. The van der Waals surface area contributed by atoms with Crippen molar-refractivity contribution in [3.63, 3.8) is 0 Å². The number of hydrogen-bond acceptors (Lipinski definition) is 5. The maximum Gasteiger partial charge on any atom is 0.222 e. The van der Waals surface area contributed by atoms with E-state index in [0.717, 1.165) is 12.8 Å². The molecule has 0 aliphatic heterocycles. The van der Waals surface area contributed by atoms with E-state index < -0.39 is 5.82 Å². The number of nitrogen functional groups attached to an aromatic ring is 1. The van der Waals surface area contributed by atoms with E-state index in [9.17, 15) is 4.39 Å². The zero-order valence-corrected chi connectivity index (χ0v) is 12.9. The number of benzene rings is 1. The number of nitrogens with one attached hydrogen (secondary N) is 1. The summed E-state index contributed by atoms with van der Waals surface area (Å²) in [5, 5.41) is 12.9. The summed E-state index contributed by atoms with van der Waals surface area (Å²) in [6, 6.07) is 4.78. The Morgan fingerprint density at radius 1 is 1.33 bits per heavy atom. The van der Waals surface area contributed by atoms with Crippen molar-refractivity contribution in [2.24, 2.45) is 0 Å². The summed E-state index contributed by atoms with van der Waals surface area (Å²) in [4.78, 5) is 8.09. The smallest absolute Gasteiger partial charge is 0.222 e. The first-order valence-electron chi connectivity index (χ1n) is 6.74. The lowest BCUT2D eigenvalue weighted by molar-refractivity contribution is 0.276. The van der Waals surface area contributed by atoms with Gasteiger partial charge in [0.15, 0.2) is 0 Å². The largest absolute Gasteiger partial charge is 0.396 e. The second kappa shape index (κ2) is 7.99. The summed E-state index contributed by atoms with van der Waals surface area (Å²) in [6.45, 7) is 2.16. The summed E-state index contributed by atoms with van der Waals surface area (Å²) in [6.07, 6.45) is 2.47. The van der Waals surface area contributed by atoms with Gasteiger partial charge < -0.3 is 16.2 Å². The predicted octanol–water partition coefficient (Wildman–Crippen LogP) is 2.43. The van der Waals surface area contributed by atoms with Gasteiger partial charge in [-0.2, -0.15) is 18.5 Å². The van der Waals surface area contributed by atoms with Crippen LogP contribution < -0.4 is 11.1 Å². The monoisotopic (exact) mass is 312 g/mol. The van der Waals surface area contributed by atoms with Gasteiger partial charge in [-0.1, -0.05) is 19.4 Å². The minimum absolute atomic E-state index is 0. The van der Waals surface area contributed by atoms with Crippen LogP contribution in [0.25, 0.3) is 10.9 Å². The number of hydrogen-bond donors (Lipinski definition) is 3. The maximum atomic E-state index is 13.8. The van der Waals surface area contributed by atoms with Gasteiger partial charge in [-0.3, -0.25) is 0 Å². The Morgan fingerprint density at radius 2 is 2.10 bits per heavy atom. The standard InChI is InChI=1S/C14H19FN4O.H2S/c1-2-4-9(7-8-20)17-13-10-5-3-6-11(15)12(10)18-14(16)19-13;/h3,5-6,9,20H,2,4,7-8H2,1H3,(H3,16,17,18,19);1H2/t9-;/m0./s1. The molecular formula is C14H21FN4OS. The minimum atomic E-state index is -0.422. The zero-order chi connectivity index (χ0) is 14.5. The normalized spacial score (nSPS) is 12.0. The number of nitrogens with zero attached hydrogens (tertiary/aromatic N) is 2. The van der Waals surface area contributed by atoms with Crippen molar-refractivity contribution < 1.29 is 9.50 Å². The second-order valence-electron chi connectivity index (χ2n) is 4.71. The zero-order valence-electron chi connectivity index (χ0n) is 11.9. The molecule has 2 rings (SSSR count). The Kier molecular flexibility index (Phi) is 6.64. The molecule has 0 fully saturated rings. The van der Waals surface area contributed by atoms with Crippen LogP contribution in [0.1, 0.15) is 26.2 Å². The number of aliphatic hydroxyl groups is 1. The lowest BCUT2D eigenvalue weighted by Crippen LogP contribution is -2.22. The fraction of sp³-hybridized carbons (Fsp3) is 0.429. The third-order valence-electron chi connectivity index (χ3n) is 3.15. The van der Waals surface area contributed by atoms with Gasteiger partial charge in [0, 0.05) is 18.0 Å². The molecule has 1 aromatic carbocycles. The van der Waals surface area contributed by atoms with Crippen molar-refractivity contribution in [3.05, 3.63) is 24.0 Å². The molecule has 1 atom stereocenters. The first-order valence-corrected chi connectivity index (χ1v) is 6.74. The Morgan fingerprint density at radius 3 is 2.76 bits per heavy atom. The molecule has 4 N–H and O–H groups in total. The van der Waals surface area contributed by atoms with E-state index in [4.69, 9.17) is 10.8 Å². The van der Waals surface area contributed by atoms with E-state index in [1.54, 1.807) is 12.1 Å². The molecule has 2 aromatic rings. The van der Waals surface area contributed by atoms with Crippen LogP contribution in [0.15, 0.2) is 18.2 Å². The lowest BCUT2D eigenvalue weighted by atomic mass is 10.1. The number of aliphatic hydroxyl groups excluding tert-OH is 1. The van der Waals surface area contributed by atoms with Gasteiger partial charge >= 0.3 is 0 Å². The number of anilines is 2. The van der Waals surface area contributed by atoms with Gasteiger partial charge in [0.05, 0.1) is 0 Å². The van der Waals surface area contributed by atoms with Crippen LogP contribution in [0, 0.1) is 5.82 Å². The molecule has 1 heterocycles.